The molecule has 0 aliphatic heterocycles. The number of aromatic amines is 1. The molecule has 2 rings (SSSR count). The largest absolute Gasteiger partial charge is 0.493 e. The Labute approximate surface area is 133 Å². The summed E-state index contributed by atoms with van der Waals surface area (Å²) in [6.07, 6.45) is 0.124. The standard InChI is InChI=1S/C14H20N6O3/c1-22-10-4-3-8(5-11(10)23-2)9(15)6-13(21)17-7-12-18-14(16)20-19-12/h3-5,9H,6-7,15H2,1-2H3,(H,17,21)(H3,16,18,19,20)/t9-/m0/s1. The summed E-state index contributed by atoms with van der Waals surface area (Å²) < 4.78 is 10.4. The minimum Gasteiger partial charge on any atom is -0.493 e. The molecule has 1 amide bonds. The number of nitrogens with zero attached hydrogens (tertiary/aromatic N) is 2. The first-order valence-corrected chi connectivity index (χ1v) is 6.94. The number of anilines is 1. The fourth-order valence-corrected chi connectivity index (χ4v) is 2.04. The number of hydrogen-bond acceptors (Lipinski definition) is 7. The third-order valence-corrected chi connectivity index (χ3v) is 3.24. The fraction of sp³-hybridized carbons (Fsp3) is 0.357. The third-order valence-electron chi connectivity index (χ3n) is 3.24. The van der Waals surface area contributed by atoms with Gasteiger partial charge in [0, 0.05) is 12.5 Å². The smallest absolute Gasteiger partial charge is 0.239 e. The SMILES string of the molecule is COc1ccc([C@@H](N)CC(=O)NCc2nc(N)n[nH]2)cc1OC. The molecule has 1 heterocycles. The number of carbonyl (C=O) groups is 1. The Kier molecular flexibility index (Phi) is 5.36. The number of aromatic nitrogens is 3. The molecule has 6 N–H and O–H groups in total. The van der Waals surface area contributed by atoms with Crippen LogP contribution in [0.4, 0.5) is 5.95 Å². The molecule has 0 bridgehead atoms. The minimum absolute atomic E-state index is 0.124. The predicted molar refractivity (Wildman–Crippen MR) is 83.7 cm³/mol. The topological polar surface area (TPSA) is 141 Å². The molecule has 0 radical (unpaired) electrons. The van der Waals surface area contributed by atoms with Crippen molar-refractivity contribution in [3.8, 4) is 11.5 Å². The van der Waals surface area contributed by atoms with Crippen LogP contribution in [0.2, 0.25) is 0 Å². The molecule has 0 fully saturated rings. The third kappa shape index (κ3) is 4.33. The van der Waals surface area contributed by atoms with Crippen molar-refractivity contribution in [3.05, 3.63) is 29.6 Å². The number of carbonyl (C=O) groups excluding carboxylic acids is 1. The monoisotopic (exact) mass is 320 g/mol. The number of ether oxygens (including phenoxy) is 2. The molecule has 23 heavy (non-hydrogen) atoms. The highest BCUT2D eigenvalue weighted by Gasteiger charge is 2.14. The zero-order valence-corrected chi connectivity index (χ0v) is 13.0. The highest BCUT2D eigenvalue weighted by atomic mass is 16.5. The molecule has 0 saturated carbocycles. The molecule has 0 saturated heterocycles. The van der Waals surface area contributed by atoms with Crippen molar-refractivity contribution >= 4 is 11.9 Å². The fourth-order valence-electron chi connectivity index (χ4n) is 2.04. The molecule has 0 aliphatic carbocycles. The molecule has 124 valence electrons. The first kappa shape index (κ1) is 16.6. The van der Waals surface area contributed by atoms with E-state index in [-0.39, 0.29) is 24.8 Å². The number of nitrogen functional groups attached to an aromatic ring is 1. The number of rotatable bonds is 7. The van der Waals surface area contributed by atoms with E-state index in [2.05, 4.69) is 20.5 Å². The summed E-state index contributed by atoms with van der Waals surface area (Å²) in [7, 11) is 3.10. The normalized spacial score (nSPS) is 11.8. The predicted octanol–water partition coefficient (Wildman–Crippen LogP) is 0.110. The summed E-state index contributed by atoms with van der Waals surface area (Å²) in [5, 5.41) is 8.99. The average molecular weight is 320 g/mol. The first-order valence-electron chi connectivity index (χ1n) is 6.94. The van der Waals surface area contributed by atoms with Crippen LogP contribution in [-0.2, 0) is 11.3 Å². The lowest BCUT2D eigenvalue weighted by Crippen LogP contribution is -2.27. The number of nitrogens with two attached hydrogens (primary N) is 2. The molecule has 1 aromatic carbocycles. The highest BCUT2D eigenvalue weighted by Crippen LogP contribution is 2.30. The van der Waals surface area contributed by atoms with Gasteiger partial charge in [-0.15, -0.1) is 5.10 Å². The molecule has 0 unspecified atom stereocenters. The number of amides is 1. The van der Waals surface area contributed by atoms with Gasteiger partial charge in [0.05, 0.1) is 20.8 Å². The summed E-state index contributed by atoms with van der Waals surface area (Å²) >= 11 is 0. The maximum Gasteiger partial charge on any atom is 0.239 e. The molecule has 9 nitrogen and oxygen atoms in total. The van der Waals surface area contributed by atoms with Crippen molar-refractivity contribution in [2.75, 3.05) is 20.0 Å². The summed E-state index contributed by atoms with van der Waals surface area (Å²) in [6, 6.07) is 4.85. The number of methoxy groups -OCH3 is 2. The van der Waals surface area contributed by atoms with E-state index in [1.165, 1.54) is 0 Å². The van der Waals surface area contributed by atoms with Gasteiger partial charge < -0.3 is 26.3 Å². The van der Waals surface area contributed by atoms with Crippen LogP contribution in [0.25, 0.3) is 0 Å². The Morgan fingerprint density at radius 2 is 2.09 bits per heavy atom. The highest BCUT2D eigenvalue weighted by molar-refractivity contribution is 5.76. The van der Waals surface area contributed by atoms with E-state index in [9.17, 15) is 4.79 Å². The van der Waals surface area contributed by atoms with Crippen molar-refractivity contribution in [1.82, 2.24) is 20.5 Å². The number of benzene rings is 1. The maximum absolute atomic E-state index is 11.9. The molecule has 0 spiro atoms. The quantitative estimate of drug-likeness (QED) is 0.567. The van der Waals surface area contributed by atoms with Gasteiger partial charge >= 0.3 is 0 Å². The van der Waals surface area contributed by atoms with Gasteiger partial charge in [0.15, 0.2) is 11.5 Å². The number of hydrogen-bond donors (Lipinski definition) is 4. The van der Waals surface area contributed by atoms with E-state index < -0.39 is 6.04 Å². The van der Waals surface area contributed by atoms with Gasteiger partial charge in [-0.3, -0.25) is 9.89 Å². The van der Waals surface area contributed by atoms with E-state index >= 15 is 0 Å². The summed E-state index contributed by atoms with van der Waals surface area (Å²) in [5.74, 6) is 1.59. The second kappa shape index (κ2) is 7.45. The molecule has 0 aliphatic rings. The van der Waals surface area contributed by atoms with Crippen LogP contribution in [0, 0.1) is 0 Å². The van der Waals surface area contributed by atoms with E-state index in [0.29, 0.717) is 17.3 Å². The lowest BCUT2D eigenvalue weighted by molar-refractivity contribution is -0.121. The van der Waals surface area contributed by atoms with E-state index in [4.69, 9.17) is 20.9 Å². The van der Waals surface area contributed by atoms with Gasteiger partial charge in [-0.25, -0.2) is 0 Å². The van der Waals surface area contributed by atoms with Crippen LogP contribution in [0.5, 0.6) is 11.5 Å². The summed E-state index contributed by atoms with van der Waals surface area (Å²) in [5.41, 5.74) is 12.2. The molecular weight excluding hydrogens is 300 g/mol. The van der Waals surface area contributed by atoms with Gasteiger partial charge in [-0.2, -0.15) is 4.98 Å². The van der Waals surface area contributed by atoms with Crippen molar-refractivity contribution < 1.29 is 14.3 Å². The van der Waals surface area contributed by atoms with Crippen LogP contribution < -0.4 is 26.3 Å². The molecular formula is C14H20N6O3. The molecule has 1 atom stereocenters. The minimum atomic E-state index is -0.463. The van der Waals surface area contributed by atoms with Crippen molar-refractivity contribution in [2.24, 2.45) is 5.73 Å². The van der Waals surface area contributed by atoms with Gasteiger partial charge in [-0.1, -0.05) is 6.07 Å². The van der Waals surface area contributed by atoms with Crippen LogP contribution in [0.15, 0.2) is 18.2 Å². The van der Waals surface area contributed by atoms with Crippen LogP contribution >= 0.6 is 0 Å². The van der Waals surface area contributed by atoms with E-state index in [1.807, 2.05) is 0 Å². The average Bonchev–Trinajstić information content (AvgIpc) is 2.97. The van der Waals surface area contributed by atoms with Gasteiger partial charge in [0.25, 0.3) is 0 Å². The van der Waals surface area contributed by atoms with E-state index in [1.54, 1.807) is 32.4 Å². The Bertz CT molecular complexity index is 672. The van der Waals surface area contributed by atoms with Crippen molar-refractivity contribution in [2.45, 2.75) is 19.0 Å². The number of H-pyrrole nitrogens is 1. The van der Waals surface area contributed by atoms with Gasteiger partial charge in [0.2, 0.25) is 11.9 Å². The molecule has 9 heteroatoms. The van der Waals surface area contributed by atoms with Crippen molar-refractivity contribution in [1.29, 1.82) is 0 Å². The van der Waals surface area contributed by atoms with Gasteiger partial charge in [0.1, 0.15) is 5.82 Å². The maximum atomic E-state index is 11.9. The van der Waals surface area contributed by atoms with Crippen LogP contribution in [0.3, 0.4) is 0 Å². The van der Waals surface area contributed by atoms with Crippen LogP contribution in [0.1, 0.15) is 23.9 Å². The second-order valence-corrected chi connectivity index (χ2v) is 4.84. The second-order valence-electron chi connectivity index (χ2n) is 4.84. The first-order chi connectivity index (χ1) is 11.0. The molecule has 1 aromatic heterocycles. The zero-order valence-electron chi connectivity index (χ0n) is 13.0. The zero-order chi connectivity index (χ0) is 16.8. The van der Waals surface area contributed by atoms with Gasteiger partial charge in [-0.05, 0) is 17.7 Å². The Hall–Kier alpha value is -2.81. The van der Waals surface area contributed by atoms with Crippen molar-refractivity contribution in [3.63, 3.8) is 0 Å². The lowest BCUT2D eigenvalue weighted by atomic mass is 10.0. The summed E-state index contributed by atoms with van der Waals surface area (Å²) in [4.78, 5) is 15.8. The van der Waals surface area contributed by atoms with Crippen LogP contribution in [-0.4, -0.2) is 35.3 Å². The summed E-state index contributed by atoms with van der Waals surface area (Å²) in [6.45, 7) is 0.210. The Morgan fingerprint density at radius 3 is 2.70 bits per heavy atom. The molecule has 2 aromatic rings. The number of nitrogens with one attached hydrogen (secondary N) is 2. The lowest BCUT2D eigenvalue weighted by Gasteiger charge is -2.14. The Morgan fingerprint density at radius 1 is 1.35 bits per heavy atom. The Balaban J connectivity index is 1.92. The van der Waals surface area contributed by atoms with E-state index in [0.717, 1.165) is 5.56 Å².